The van der Waals surface area contributed by atoms with Gasteiger partial charge in [-0.1, -0.05) is 43.3 Å². The highest BCUT2D eigenvalue weighted by atomic mass is 16.5. The van der Waals surface area contributed by atoms with Gasteiger partial charge in [0, 0.05) is 0 Å². The maximum absolute atomic E-state index is 10.4. The minimum atomic E-state index is -0.589. The first kappa shape index (κ1) is 14.6. The zero-order chi connectivity index (χ0) is 14.5. The number of hydrogen-bond acceptors (Lipinski definition) is 2. The van der Waals surface area contributed by atoms with Crippen molar-refractivity contribution in [3.63, 3.8) is 0 Å². The largest absolute Gasteiger partial charge is 0.491 e. The lowest BCUT2D eigenvalue weighted by Crippen LogP contribution is -2.06. The molecular formula is C18H22O2. The predicted molar refractivity (Wildman–Crippen MR) is 82.1 cm³/mol. The molecule has 1 unspecified atom stereocenters. The third kappa shape index (κ3) is 3.61. The maximum Gasteiger partial charge on any atom is 0.119 e. The molecule has 106 valence electrons. The molecule has 20 heavy (non-hydrogen) atoms. The van der Waals surface area contributed by atoms with E-state index in [4.69, 9.17) is 4.74 Å². The molecule has 2 rings (SSSR count). The highest BCUT2D eigenvalue weighted by Crippen LogP contribution is 2.24. The number of hydrogen-bond donors (Lipinski definition) is 1. The molecule has 2 aromatic rings. The number of aliphatic hydroxyl groups excluding tert-OH is 1. The van der Waals surface area contributed by atoms with Gasteiger partial charge in [-0.15, -0.1) is 0 Å². The molecule has 0 saturated heterocycles. The van der Waals surface area contributed by atoms with Crippen molar-refractivity contribution < 1.29 is 9.84 Å². The molecule has 0 spiro atoms. The number of aryl methyl sites for hydroxylation is 1. The third-order valence-corrected chi connectivity index (χ3v) is 3.27. The summed E-state index contributed by atoms with van der Waals surface area (Å²) in [4.78, 5) is 0. The van der Waals surface area contributed by atoms with Crippen LogP contribution in [0, 0.1) is 0 Å². The summed E-state index contributed by atoms with van der Waals surface area (Å²) < 4.78 is 5.60. The Kier molecular flexibility index (Phi) is 4.80. The first-order valence-electron chi connectivity index (χ1n) is 7.13. The van der Waals surface area contributed by atoms with Gasteiger partial charge in [0.2, 0.25) is 0 Å². The van der Waals surface area contributed by atoms with Crippen LogP contribution in [0.1, 0.15) is 43.6 Å². The number of aliphatic hydroxyl groups is 1. The average Bonchev–Trinajstić information content (AvgIpc) is 2.47. The van der Waals surface area contributed by atoms with Crippen LogP contribution in [0.2, 0.25) is 0 Å². The van der Waals surface area contributed by atoms with Gasteiger partial charge in [-0.3, -0.25) is 0 Å². The van der Waals surface area contributed by atoms with Crippen molar-refractivity contribution in [1.82, 2.24) is 0 Å². The van der Waals surface area contributed by atoms with E-state index in [2.05, 4.69) is 19.1 Å². The van der Waals surface area contributed by atoms with Crippen molar-refractivity contribution in [2.45, 2.75) is 39.4 Å². The quantitative estimate of drug-likeness (QED) is 0.885. The van der Waals surface area contributed by atoms with Crippen LogP contribution >= 0.6 is 0 Å². The second kappa shape index (κ2) is 6.58. The summed E-state index contributed by atoms with van der Waals surface area (Å²) in [6, 6.07) is 15.7. The normalized spacial score (nSPS) is 12.4. The fourth-order valence-corrected chi connectivity index (χ4v) is 2.13. The Morgan fingerprint density at radius 1 is 0.900 bits per heavy atom. The van der Waals surface area contributed by atoms with Crippen LogP contribution in [0.15, 0.2) is 48.5 Å². The fourth-order valence-electron chi connectivity index (χ4n) is 2.13. The van der Waals surface area contributed by atoms with Crippen LogP contribution in [0.3, 0.4) is 0 Å². The lowest BCUT2D eigenvalue weighted by atomic mass is 10.00. The molecular weight excluding hydrogens is 248 g/mol. The highest BCUT2D eigenvalue weighted by Gasteiger charge is 2.10. The lowest BCUT2D eigenvalue weighted by Gasteiger charge is -2.14. The average molecular weight is 270 g/mol. The molecule has 2 heteroatoms. The SMILES string of the molecule is CCc1ccc(C(O)c2ccc(OC(C)C)cc2)cc1. The van der Waals surface area contributed by atoms with E-state index in [1.807, 2.05) is 50.2 Å². The van der Waals surface area contributed by atoms with E-state index in [-0.39, 0.29) is 6.10 Å². The number of ether oxygens (including phenoxy) is 1. The van der Waals surface area contributed by atoms with Gasteiger partial charge in [0.15, 0.2) is 0 Å². The van der Waals surface area contributed by atoms with E-state index < -0.39 is 6.10 Å². The van der Waals surface area contributed by atoms with Crippen molar-refractivity contribution >= 4 is 0 Å². The molecule has 0 radical (unpaired) electrons. The van der Waals surface area contributed by atoms with E-state index in [1.165, 1.54) is 5.56 Å². The summed E-state index contributed by atoms with van der Waals surface area (Å²) >= 11 is 0. The van der Waals surface area contributed by atoms with Gasteiger partial charge in [-0.05, 0) is 49.1 Å². The van der Waals surface area contributed by atoms with E-state index in [0.717, 1.165) is 23.3 Å². The van der Waals surface area contributed by atoms with Crippen molar-refractivity contribution in [2.24, 2.45) is 0 Å². The van der Waals surface area contributed by atoms with Crippen molar-refractivity contribution in [3.05, 3.63) is 65.2 Å². The summed E-state index contributed by atoms with van der Waals surface area (Å²) in [5.74, 6) is 0.831. The summed E-state index contributed by atoms with van der Waals surface area (Å²) in [7, 11) is 0. The van der Waals surface area contributed by atoms with Gasteiger partial charge in [0.05, 0.1) is 6.10 Å². The van der Waals surface area contributed by atoms with Gasteiger partial charge in [0.1, 0.15) is 11.9 Å². The Balaban J connectivity index is 2.13. The molecule has 0 bridgehead atoms. The second-order valence-corrected chi connectivity index (χ2v) is 5.23. The first-order valence-corrected chi connectivity index (χ1v) is 7.13. The van der Waals surface area contributed by atoms with Crippen molar-refractivity contribution in [3.8, 4) is 5.75 Å². The Morgan fingerprint density at radius 2 is 1.40 bits per heavy atom. The number of rotatable bonds is 5. The highest BCUT2D eigenvalue weighted by molar-refractivity contribution is 5.35. The minimum Gasteiger partial charge on any atom is -0.491 e. The molecule has 0 aliphatic carbocycles. The monoisotopic (exact) mass is 270 g/mol. The second-order valence-electron chi connectivity index (χ2n) is 5.23. The smallest absolute Gasteiger partial charge is 0.119 e. The molecule has 0 amide bonds. The molecule has 0 saturated carbocycles. The van der Waals surface area contributed by atoms with Crippen LogP contribution in [-0.2, 0) is 6.42 Å². The summed E-state index contributed by atoms with van der Waals surface area (Å²) in [6.07, 6.45) is 0.582. The first-order chi connectivity index (χ1) is 9.60. The number of benzene rings is 2. The molecule has 2 nitrogen and oxygen atoms in total. The third-order valence-electron chi connectivity index (χ3n) is 3.27. The van der Waals surface area contributed by atoms with Gasteiger partial charge in [-0.25, -0.2) is 0 Å². The molecule has 0 aromatic heterocycles. The molecule has 0 heterocycles. The standard InChI is InChI=1S/C18H22O2/c1-4-14-5-7-15(8-6-14)18(19)16-9-11-17(12-10-16)20-13(2)3/h5-13,18-19H,4H2,1-3H3. The van der Waals surface area contributed by atoms with Crippen LogP contribution in [0.25, 0.3) is 0 Å². The Labute approximate surface area is 121 Å². The van der Waals surface area contributed by atoms with Crippen LogP contribution in [0.5, 0.6) is 5.75 Å². The molecule has 2 aromatic carbocycles. The molecule has 0 aliphatic heterocycles. The van der Waals surface area contributed by atoms with Gasteiger partial charge in [-0.2, -0.15) is 0 Å². The molecule has 1 N–H and O–H groups in total. The molecule has 1 atom stereocenters. The zero-order valence-corrected chi connectivity index (χ0v) is 12.3. The predicted octanol–water partition coefficient (Wildman–Crippen LogP) is 4.12. The van der Waals surface area contributed by atoms with E-state index in [1.54, 1.807) is 0 Å². The Bertz CT molecular complexity index is 526. The van der Waals surface area contributed by atoms with Crippen molar-refractivity contribution in [2.75, 3.05) is 0 Å². The van der Waals surface area contributed by atoms with Crippen molar-refractivity contribution in [1.29, 1.82) is 0 Å². The molecule has 0 fully saturated rings. The van der Waals surface area contributed by atoms with E-state index in [0.29, 0.717) is 0 Å². The fraction of sp³-hybridized carbons (Fsp3) is 0.333. The maximum atomic E-state index is 10.4. The van der Waals surface area contributed by atoms with Gasteiger partial charge < -0.3 is 9.84 Å². The zero-order valence-electron chi connectivity index (χ0n) is 12.3. The molecule has 0 aliphatic rings. The van der Waals surface area contributed by atoms with Crippen LogP contribution in [0.4, 0.5) is 0 Å². The van der Waals surface area contributed by atoms with E-state index in [9.17, 15) is 5.11 Å². The van der Waals surface area contributed by atoms with E-state index >= 15 is 0 Å². The summed E-state index contributed by atoms with van der Waals surface area (Å²) in [6.45, 7) is 6.12. The van der Waals surface area contributed by atoms with Gasteiger partial charge in [0.25, 0.3) is 0 Å². The Morgan fingerprint density at radius 3 is 1.85 bits per heavy atom. The lowest BCUT2D eigenvalue weighted by molar-refractivity contribution is 0.219. The summed E-state index contributed by atoms with van der Waals surface area (Å²) in [5.41, 5.74) is 3.08. The minimum absolute atomic E-state index is 0.160. The van der Waals surface area contributed by atoms with Crippen LogP contribution < -0.4 is 4.74 Å². The van der Waals surface area contributed by atoms with Crippen LogP contribution in [-0.4, -0.2) is 11.2 Å². The topological polar surface area (TPSA) is 29.5 Å². The van der Waals surface area contributed by atoms with Gasteiger partial charge >= 0.3 is 0 Å². The summed E-state index contributed by atoms with van der Waals surface area (Å²) in [5, 5.41) is 10.4. The Hall–Kier alpha value is -1.80.